The number of benzene rings is 1. The topological polar surface area (TPSA) is 58.6 Å². The number of carbonyl (C=O) groups excluding carboxylic acids is 1. The molecule has 0 aromatic heterocycles. The Kier molecular flexibility index (Phi) is 10.4. The van der Waals surface area contributed by atoms with Gasteiger partial charge >= 0.3 is 5.97 Å². The molecule has 0 bridgehead atoms. The van der Waals surface area contributed by atoms with Gasteiger partial charge in [0.15, 0.2) is 0 Å². The number of aromatic hydroxyl groups is 1. The highest BCUT2D eigenvalue weighted by molar-refractivity contribution is 5.70. The molecule has 0 aliphatic carbocycles. The Morgan fingerprint density at radius 3 is 2.36 bits per heavy atom. The van der Waals surface area contributed by atoms with Gasteiger partial charge in [0.1, 0.15) is 5.75 Å². The first-order valence-corrected chi connectivity index (χ1v) is 10.9. The van der Waals surface area contributed by atoms with Crippen LogP contribution in [0.1, 0.15) is 97.6 Å². The monoisotopic (exact) mass is 391 g/mol. The summed E-state index contributed by atoms with van der Waals surface area (Å²) in [4.78, 5) is 12.1. The largest absolute Gasteiger partial charge is 0.505 e. The molecule has 0 saturated heterocycles. The summed E-state index contributed by atoms with van der Waals surface area (Å²) in [5.74, 6) is 0.160. The van der Waals surface area contributed by atoms with Crippen LogP contribution in [-0.4, -0.2) is 23.7 Å². The summed E-state index contributed by atoms with van der Waals surface area (Å²) >= 11 is 0. The molecule has 0 unspecified atom stereocenters. The van der Waals surface area contributed by atoms with E-state index in [1.54, 1.807) is 0 Å². The van der Waals surface area contributed by atoms with Gasteiger partial charge in [-0.05, 0) is 43.7 Å². The Balaban J connectivity index is 2.59. The van der Waals surface area contributed by atoms with Crippen molar-refractivity contribution in [3.05, 3.63) is 23.3 Å². The summed E-state index contributed by atoms with van der Waals surface area (Å²) in [6.45, 7) is 13.1. The zero-order valence-electron chi connectivity index (χ0n) is 18.9. The second-order valence-electron chi connectivity index (χ2n) is 9.08. The minimum atomic E-state index is -0.175. The van der Waals surface area contributed by atoms with Crippen molar-refractivity contribution < 1.29 is 14.6 Å². The average Bonchev–Trinajstić information content (AvgIpc) is 2.60. The fourth-order valence-corrected chi connectivity index (χ4v) is 3.22. The summed E-state index contributed by atoms with van der Waals surface area (Å²) < 4.78 is 5.38. The van der Waals surface area contributed by atoms with Gasteiger partial charge in [-0.25, -0.2) is 0 Å². The highest BCUT2D eigenvalue weighted by Gasteiger charge is 2.22. The van der Waals surface area contributed by atoms with Gasteiger partial charge in [0.25, 0.3) is 0 Å². The van der Waals surface area contributed by atoms with Gasteiger partial charge < -0.3 is 15.2 Å². The summed E-state index contributed by atoms with van der Waals surface area (Å²) in [7, 11) is 0. The van der Waals surface area contributed by atoms with E-state index >= 15 is 0 Å². The standard InChI is InChI=1S/C24H41NO3/c1-7-8-9-10-11-12-15-28-22(26)14-13-19-16-20(24(4,5)6)23(27)21(17-19)25-18(2)3/h16-18,25,27H,7-15H2,1-6H3. The minimum absolute atomic E-state index is 0.141. The molecule has 1 aromatic carbocycles. The van der Waals surface area contributed by atoms with Crippen molar-refractivity contribution in [1.82, 2.24) is 0 Å². The number of aryl methyl sites for hydroxylation is 1. The van der Waals surface area contributed by atoms with Gasteiger partial charge in [0.2, 0.25) is 0 Å². The number of ether oxygens (including phenoxy) is 1. The fourth-order valence-electron chi connectivity index (χ4n) is 3.22. The van der Waals surface area contributed by atoms with Crippen molar-refractivity contribution in [2.75, 3.05) is 11.9 Å². The quantitative estimate of drug-likeness (QED) is 0.248. The lowest BCUT2D eigenvalue weighted by Crippen LogP contribution is -2.16. The molecular formula is C24H41NO3. The molecule has 0 amide bonds. The molecule has 2 N–H and O–H groups in total. The summed E-state index contributed by atoms with van der Waals surface area (Å²) in [5.41, 5.74) is 2.50. The second-order valence-corrected chi connectivity index (χ2v) is 9.08. The van der Waals surface area contributed by atoms with Crippen LogP contribution in [0.3, 0.4) is 0 Å². The Labute approximate surface area is 172 Å². The van der Waals surface area contributed by atoms with Gasteiger partial charge in [0, 0.05) is 18.0 Å². The Morgan fingerprint density at radius 2 is 1.75 bits per heavy atom. The Bertz CT molecular complexity index is 603. The molecule has 0 radical (unpaired) electrons. The van der Waals surface area contributed by atoms with Gasteiger partial charge in [0.05, 0.1) is 12.3 Å². The van der Waals surface area contributed by atoms with Crippen LogP contribution in [-0.2, 0) is 21.4 Å². The zero-order chi connectivity index (χ0) is 21.2. The number of anilines is 1. The van der Waals surface area contributed by atoms with Crippen molar-refractivity contribution in [3.63, 3.8) is 0 Å². The third kappa shape index (κ3) is 8.99. The van der Waals surface area contributed by atoms with Gasteiger partial charge in [-0.15, -0.1) is 0 Å². The van der Waals surface area contributed by atoms with Crippen molar-refractivity contribution in [1.29, 1.82) is 0 Å². The minimum Gasteiger partial charge on any atom is -0.505 e. The average molecular weight is 392 g/mol. The number of hydrogen-bond acceptors (Lipinski definition) is 4. The second kappa shape index (κ2) is 12.0. The lowest BCUT2D eigenvalue weighted by Gasteiger charge is -2.24. The van der Waals surface area contributed by atoms with E-state index in [9.17, 15) is 9.90 Å². The number of unbranched alkanes of at least 4 members (excludes halogenated alkanes) is 5. The van der Waals surface area contributed by atoms with Crippen LogP contribution in [0.25, 0.3) is 0 Å². The molecule has 1 rings (SSSR count). The molecule has 0 fully saturated rings. The molecule has 0 atom stereocenters. The third-order valence-electron chi connectivity index (χ3n) is 4.80. The summed E-state index contributed by atoms with van der Waals surface area (Å²) in [5, 5.41) is 14.0. The van der Waals surface area contributed by atoms with Crippen LogP contribution in [0.15, 0.2) is 12.1 Å². The van der Waals surface area contributed by atoms with E-state index in [0.717, 1.165) is 29.7 Å². The summed E-state index contributed by atoms with van der Waals surface area (Å²) in [6.07, 6.45) is 8.09. The van der Waals surface area contributed by atoms with Crippen molar-refractivity contribution >= 4 is 11.7 Å². The Morgan fingerprint density at radius 1 is 1.11 bits per heavy atom. The lowest BCUT2D eigenvalue weighted by atomic mass is 9.84. The van der Waals surface area contributed by atoms with E-state index in [0.29, 0.717) is 25.2 Å². The van der Waals surface area contributed by atoms with Crippen molar-refractivity contribution in [2.45, 2.75) is 104 Å². The molecule has 1 aromatic rings. The van der Waals surface area contributed by atoms with E-state index in [2.05, 4.69) is 33.0 Å². The van der Waals surface area contributed by atoms with Crippen LogP contribution in [0.2, 0.25) is 0 Å². The molecule has 0 heterocycles. The van der Waals surface area contributed by atoms with Crippen LogP contribution < -0.4 is 5.32 Å². The van der Waals surface area contributed by atoms with Crippen LogP contribution in [0.4, 0.5) is 5.69 Å². The maximum atomic E-state index is 12.1. The van der Waals surface area contributed by atoms with Gasteiger partial charge in [-0.2, -0.15) is 0 Å². The number of phenolic OH excluding ortho intramolecular Hbond substituents is 1. The number of hydrogen-bond donors (Lipinski definition) is 2. The molecule has 0 spiro atoms. The van der Waals surface area contributed by atoms with Crippen molar-refractivity contribution in [3.8, 4) is 5.75 Å². The van der Waals surface area contributed by atoms with E-state index in [4.69, 9.17) is 4.74 Å². The van der Waals surface area contributed by atoms with Crippen molar-refractivity contribution in [2.24, 2.45) is 0 Å². The SMILES string of the molecule is CCCCCCCCOC(=O)CCc1cc(NC(C)C)c(O)c(C(C)(C)C)c1. The van der Waals surface area contributed by atoms with E-state index in [1.165, 1.54) is 25.7 Å². The number of esters is 1. The predicted octanol–water partition coefficient (Wildman–Crippen LogP) is 6.35. The number of carbonyl (C=O) groups is 1. The fraction of sp³-hybridized carbons (Fsp3) is 0.708. The van der Waals surface area contributed by atoms with Gasteiger partial charge in [-0.1, -0.05) is 65.9 Å². The molecule has 160 valence electrons. The molecule has 0 aliphatic heterocycles. The zero-order valence-corrected chi connectivity index (χ0v) is 18.9. The number of phenols is 1. The molecular weight excluding hydrogens is 350 g/mol. The highest BCUT2D eigenvalue weighted by Crippen LogP contribution is 2.38. The number of rotatable bonds is 12. The maximum Gasteiger partial charge on any atom is 0.306 e. The smallest absolute Gasteiger partial charge is 0.306 e. The third-order valence-corrected chi connectivity index (χ3v) is 4.80. The van der Waals surface area contributed by atoms with E-state index < -0.39 is 0 Å². The van der Waals surface area contributed by atoms with E-state index in [1.807, 2.05) is 26.0 Å². The van der Waals surface area contributed by atoms with Gasteiger partial charge in [-0.3, -0.25) is 4.79 Å². The first-order valence-electron chi connectivity index (χ1n) is 10.9. The molecule has 0 aliphatic rings. The predicted molar refractivity (Wildman–Crippen MR) is 118 cm³/mol. The normalized spacial score (nSPS) is 11.7. The first-order chi connectivity index (χ1) is 13.1. The molecule has 28 heavy (non-hydrogen) atoms. The molecule has 4 nitrogen and oxygen atoms in total. The number of nitrogens with one attached hydrogen (secondary N) is 1. The first kappa shape index (κ1) is 24.3. The van der Waals surface area contributed by atoms with Crippen LogP contribution >= 0.6 is 0 Å². The Hall–Kier alpha value is -1.71. The summed E-state index contributed by atoms with van der Waals surface area (Å²) in [6, 6.07) is 4.18. The van der Waals surface area contributed by atoms with E-state index in [-0.39, 0.29) is 17.4 Å². The molecule has 0 saturated carbocycles. The van der Waals surface area contributed by atoms with Crippen LogP contribution in [0.5, 0.6) is 5.75 Å². The molecule has 4 heteroatoms. The highest BCUT2D eigenvalue weighted by atomic mass is 16.5. The van der Waals surface area contributed by atoms with Crippen LogP contribution in [0, 0.1) is 0 Å². The maximum absolute atomic E-state index is 12.1. The lowest BCUT2D eigenvalue weighted by molar-refractivity contribution is -0.143.